The van der Waals surface area contributed by atoms with Crippen LogP contribution in [0.5, 0.6) is 0 Å². The minimum atomic E-state index is -0.982. The third-order valence-corrected chi connectivity index (χ3v) is 6.95. The van der Waals surface area contributed by atoms with Crippen LogP contribution in [0.15, 0.2) is 60.0 Å². The van der Waals surface area contributed by atoms with Crippen LogP contribution in [-0.4, -0.2) is 30.4 Å². The quantitative estimate of drug-likeness (QED) is 0.422. The van der Waals surface area contributed by atoms with Crippen molar-refractivity contribution in [2.75, 3.05) is 0 Å². The first-order chi connectivity index (χ1) is 14.4. The first-order valence-electron chi connectivity index (χ1n) is 10.2. The van der Waals surface area contributed by atoms with Crippen molar-refractivity contribution in [1.82, 2.24) is 14.5 Å². The highest BCUT2D eigenvalue weighted by Gasteiger charge is 2.31. The van der Waals surface area contributed by atoms with E-state index in [2.05, 4.69) is 45.9 Å². The molecule has 1 saturated carbocycles. The van der Waals surface area contributed by atoms with E-state index in [1.165, 1.54) is 46.5 Å². The van der Waals surface area contributed by atoms with Gasteiger partial charge in [0.15, 0.2) is 5.16 Å². The summed E-state index contributed by atoms with van der Waals surface area (Å²) in [6.07, 6.45) is 6.03. The monoisotopic (exact) mass is 417 g/mol. The minimum absolute atomic E-state index is 0.629. The van der Waals surface area contributed by atoms with Gasteiger partial charge in [0.1, 0.15) is 10.3 Å². The molecule has 0 radical (unpaired) electrons. The summed E-state index contributed by atoms with van der Waals surface area (Å²) in [5.41, 5.74) is 4.39. The summed E-state index contributed by atoms with van der Waals surface area (Å²) in [6.45, 7) is 4.05. The first kappa shape index (κ1) is 19.1. The molecule has 6 heteroatoms. The largest absolute Gasteiger partial charge is 0.480 e. The van der Waals surface area contributed by atoms with E-state index in [0.717, 1.165) is 11.0 Å². The lowest BCUT2D eigenvalue weighted by atomic mass is 9.97. The number of thioether (sulfide) groups is 1. The molecule has 1 fully saturated rings. The van der Waals surface area contributed by atoms with Crippen molar-refractivity contribution in [3.05, 3.63) is 66.0 Å². The van der Waals surface area contributed by atoms with Crippen LogP contribution in [0, 0.1) is 0 Å². The molecule has 4 aromatic rings. The van der Waals surface area contributed by atoms with Gasteiger partial charge in [0.2, 0.25) is 0 Å². The number of hydrogen-bond donors (Lipinski definition) is 1. The summed E-state index contributed by atoms with van der Waals surface area (Å²) in [7, 11) is 0. The van der Waals surface area contributed by atoms with Gasteiger partial charge in [0, 0.05) is 6.20 Å². The number of fused-ring (bicyclic) bond motifs is 2. The molecule has 30 heavy (non-hydrogen) atoms. The van der Waals surface area contributed by atoms with E-state index < -0.39 is 10.7 Å². The van der Waals surface area contributed by atoms with Gasteiger partial charge in [-0.05, 0) is 60.6 Å². The van der Waals surface area contributed by atoms with E-state index in [1.54, 1.807) is 26.2 Å². The molecule has 2 heterocycles. The number of nitrogens with zero attached hydrogens (tertiary/aromatic N) is 3. The summed E-state index contributed by atoms with van der Waals surface area (Å²) in [5.74, 6) is -0.171. The Balaban J connectivity index is 1.63. The Morgan fingerprint density at radius 3 is 2.67 bits per heavy atom. The second-order valence-electron chi connectivity index (χ2n) is 8.40. The zero-order chi connectivity index (χ0) is 20.9. The molecule has 1 aliphatic carbocycles. The number of carbonyl (C=O) groups is 1. The van der Waals surface area contributed by atoms with Crippen LogP contribution in [-0.2, 0) is 11.3 Å². The molecule has 2 aromatic heterocycles. The van der Waals surface area contributed by atoms with Gasteiger partial charge in [-0.2, -0.15) is 0 Å². The Morgan fingerprint density at radius 1 is 1.17 bits per heavy atom. The molecule has 0 unspecified atom stereocenters. The van der Waals surface area contributed by atoms with Crippen LogP contribution in [0.2, 0.25) is 0 Å². The van der Waals surface area contributed by atoms with Gasteiger partial charge < -0.3 is 9.67 Å². The molecule has 1 aliphatic rings. The number of carboxylic acids is 1. The predicted molar refractivity (Wildman–Crippen MR) is 120 cm³/mol. The molecule has 0 spiro atoms. The Morgan fingerprint density at radius 2 is 1.93 bits per heavy atom. The maximum atomic E-state index is 11.7. The smallest absolute Gasteiger partial charge is 0.319 e. The first-order valence-corrected chi connectivity index (χ1v) is 11.0. The summed E-state index contributed by atoms with van der Waals surface area (Å²) in [6, 6.07) is 15.0. The Bertz CT molecular complexity index is 1270. The van der Waals surface area contributed by atoms with Gasteiger partial charge >= 0.3 is 5.97 Å². The molecule has 0 aliphatic heterocycles. The summed E-state index contributed by atoms with van der Waals surface area (Å²) in [4.78, 5) is 20.6. The maximum absolute atomic E-state index is 11.7. The van der Waals surface area contributed by atoms with Crippen molar-refractivity contribution >= 4 is 39.5 Å². The SMILES string of the molecule is CC(C)(Sc1nc2cnccc2n1Cc1ccc(C2CC2)c2ccccc12)C(=O)O. The van der Waals surface area contributed by atoms with Gasteiger partial charge in [0.05, 0.1) is 18.3 Å². The van der Waals surface area contributed by atoms with Gasteiger partial charge in [0.25, 0.3) is 0 Å². The van der Waals surface area contributed by atoms with Gasteiger partial charge in [-0.3, -0.25) is 9.78 Å². The highest BCUT2D eigenvalue weighted by molar-refractivity contribution is 8.01. The van der Waals surface area contributed by atoms with Crippen LogP contribution in [0.3, 0.4) is 0 Å². The fraction of sp³-hybridized carbons (Fsp3) is 0.292. The van der Waals surface area contributed by atoms with E-state index in [9.17, 15) is 9.90 Å². The van der Waals surface area contributed by atoms with E-state index in [-0.39, 0.29) is 0 Å². The van der Waals surface area contributed by atoms with Crippen LogP contribution in [0.25, 0.3) is 21.8 Å². The molecule has 5 rings (SSSR count). The lowest BCUT2D eigenvalue weighted by Gasteiger charge is -2.19. The Kier molecular flexibility index (Phi) is 4.54. The fourth-order valence-electron chi connectivity index (χ4n) is 3.91. The third-order valence-electron chi connectivity index (χ3n) is 5.77. The molecule has 0 bridgehead atoms. The van der Waals surface area contributed by atoms with E-state index in [1.807, 2.05) is 6.07 Å². The molecule has 2 aromatic carbocycles. The number of rotatable bonds is 6. The van der Waals surface area contributed by atoms with Crippen molar-refractivity contribution in [3.8, 4) is 0 Å². The average molecular weight is 418 g/mol. The van der Waals surface area contributed by atoms with Crippen molar-refractivity contribution in [3.63, 3.8) is 0 Å². The number of pyridine rings is 1. The highest BCUT2D eigenvalue weighted by Crippen LogP contribution is 2.44. The van der Waals surface area contributed by atoms with Crippen LogP contribution in [0.1, 0.15) is 43.7 Å². The van der Waals surface area contributed by atoms with Crippen molar-refractivity contribution < 1.29 is 9.90 Å². The summed E-state index contributed by atoms with van der Waals surface area (Å²) < 4.78 is 1.13. The van der Waals surface area contributed by atoms with E-state index in [4.69, 9.17) is 4.98 Å². The van der Waals surface area contributed by atoms with Gasteiger partial charge in [-0.1, -0.05) is 48.2 Å². The standard InChI is InChI=1S/C24H23N3O2S/c1-24(2,22(28)29)30-23-26-20-13-25-12-11-21(20)27(23)14-16-9-10-18(15-7-8-15)19-6-4-3-5-17(16)19/h3-6,9-13,15H,7-8,14H2,1-2H3,(H,28,29). The Labute approximate surface area is 179 Å². The van der Waals surface area contributed by atoms with Crippen molar-refractivity contribution in [1.29, 1.82) is 0 Å². The Hall–Kier alpha value is -2.86. The van der Waals surface area contributed by atoms with Crippen LogP contribution in [0.4, 0.5) is 0 Å². The number of aliphatic carboxylic acids is 1. The molecule has 0 amide bonds. The van der Waals surface area contributed by atoms with Gasteiger partial charge in [-0.15, -0.1) is 0 Å². The van der Waals surface area contributed by atoms with E-state index in [0.29, 0.717) is 17.6 Å². The highest BCUT2D eigenvalue weighted by atomic mass is 32.2. The molecule has 5 nitrogen and oxygen atoms in total. The van der Waals surface area contributed by atoms with Crippen LogP contribution >= 0.6 is 11.8 Å². The summed E-state index contributed by atoms with van der Waals surface area (Å²) >= 11 is 1.27. The molecule has 1 N–H and O–H groups in total. The number of hydrogen-bond acceptors (Lipinski definition) is 4. The number of imidazole rings is 1. The molecular weight excluding hydrogens is 394 g/mol. The fourth-order valence-corrected chi connectivity index (χ4v) is 4.87. The van der Waals surface area contributed by atoms with Crippen molar-refractivity contribution in [2.24, 2.45) is 0 Å². The topological polar surface area (TPSA) is 68.0 Å². The number of aromatic nitrogens is 3. The zero-order valence-corrected chi connectivity index (χ0v) is 17.8. The van der Waals surface area contributed by atoms with E-state index >= 15 is 0 Å². The second-order valence-corrected chi connectivity index (χ2v) is 9.99. The molecular formula is C24H23N3O2S. The molecule has 0 atom stereocenters. The average Bonchev–Trinajstić information content (AvgIpc) is 3.52. The maximum Gasteiger partial charge on any atom is 0.319 e. The van der Waals surface area contributed by atoms with Crippen molar-refractivity contribution in [2.45, 2.75) is 49.1 Å². The van der Waals surface area contributed by atoms with Crippen LogP contribution < -0.4 is 0 Å². The second kappa shape index (κ2) is 7.13. The normalized spacial score (nSPS) is 14.5. The molecule has 152 valence electrons. The zero-order valence-electron chi connectivity index (χ0n) is 17.0. The lowest BCUT2D eigenvalue weighted by molar-refractivity contribution is -0.138. The number of benzene rings is 2. The third kappa shape index (κ3) is 3.35. The summed E-state index contributed by atoms with van der Waals surface area (Å²) in [5, 5.41) is 12.9. The number of carboxylic acid groups (broad SMARTS) is 1. The van der Waals surface area contributed by atoms with Gasteiger partial charge in [-0.25, -0.2) is 4.98 Å². The minimum Gasteiger partial charge on any atom is -0.480 e. The predicted octanol–water partition coefficient (Wildman–Crippen LogP) is 5.47. The lowest BCUT2D eigenvalue weighted by Crippen LogP contribution is -2.27. The molecule has 0 saturated heterocycles.